The van der Waals surface area contributed by atoms with Gasteiger partial charge in [-0.1, -0.05) is 41.4 Å². The van der Waals surface area contributed by atoms with Crippen LogP contribution >= 0.6 is 23.2 Å². The Hall–Kier alpha value is -1.22. The second-order valence-electron chi connectivity index (χ2n) is 5.24. The summed E-state index contributed by atoms with van der Waals surface area (Å²) >= 11 is 12.2. The van der Waals surface area contributed by atoms with Crippen molar-refractivity contribution in [2.45, 2.75) is 32.4 Å². The standard InChI is InChI=1S/C17H19Cl2NO/c1-11-6-7-13(16(19)8-11)9-17(20)12(2)21-15-5-3-4-14(18)10-15/h3-8,10,12,17H,9,20H2,1-2H3. The zero-order valence-electron chi connectivity index (χ0n) is 12.1. The van der Waals surface area contributed by atoms with Crippen molar-refractivity contribution < 1.29 is 4.74 Å². The smallest absolute Gasteiger partial charge is 0.121 e. The number of aryl methyl sites for hydroxylation is 1. The lowest BCUT2D eigenvalue weighted by molar-refractivity contribution is 0.189. The second kappa shape index (κ2) is 7.17. The van der Waals surface area contributed by atoms with E-state index in [4.69, 9.17) is 33.7 Å². The molecular weight excluding hydrogens is 305 g/mol. The van der Waals surface area contributed by atoms with E-state index >= 15 is 0 Å². The summed E-state index contributed by atoms with van der Waals surface area (Å²) in [6.45, 7) is 3.97. The van der Waals surface area contributed by atoms with Gasteiger partial charge in [0.2, 0.25) is 0 Å². The SMILES string of the molecule is Cc1ccc(CC(N)C(C)Oc2cccc(Cl)c2)c(Cl)c1. The van der Waals surface area contributed by atoms with E-state index in [1.54, 1.807) is 6.07 Å². The molecule has 0 saturated heterocycles. The van der Waals surface area contributed by atoms with Gasteiger partial charge >= 0.3 is 0 Å². The molecular formula is C17H19Cl2NO. The predicted octanol–water partition coefficient (Wildman–Crippen LogP) is 4.64. The van der Waals surface area contributed by atoms with Crippen LogP contribution in [0.1, 0.15) is 18.1 Å². The Morgan fingerprint density at radius 1 is 1.14 bits per heavy atom. The molecule has 0 aliphatic carbocycles. The van der Waals surface area contributed by atoms with Crippen LogP contribution in [-0.2, 0) is 6.42 Å². The quantitative estimate of drug-likeness (QED) is 0.869. The molecule has 0 saturated carbocycles. The first-order chi connectivity index (χ1) is 9.95. The first-order valence-electron chi connectivity index (χ1n) is 6.88. The van der Waals surface area contributed by atoms with Crippen molar-refractivity contribution >= 4 is 23.2 Å². The van der Waals surface area contributed by atoms with Crippen LogP contribution in [0.2, 0.25) is 10.0 Å². The largest absolute Gasteiger partial charge is 0.489 e. The lowest BCUT2D eigenvalue weighted by Crippen LogP contribution is -2.38. The maximum absolute atomic E-state index is 6.25. The van der Waals surface area contributed by atoms with Gasteiger partial charge in [0, 0.05) is 16.1 Å². The summed E-state index contributed by atoms with van der Waals surface area (Å²) in [5.74, 6) is 0.723. The Balaban J connectivity index is 2.00. The summed E-state index contributed by atoms with van der Waals surface area (Å²) in [6, 6.07) is 13.2. The minimum Gasteiger partial charge on any atom is -0.489 e. The molecule has 112 valence electrons. The molecule has 2 rings (SSSR count). The average Bonchev–Trinajstić information content (AvgIpc) is 2.41. The van der Waals surface area contributed by atoms with Crippen LogP contribution in [0.3, 0.4) is 0 Å². The van der Waals surface area contributed by atoms with Crippen LogP contribution < -0.4 is 10.5 Å². The highest BCUT2D eigenvalue weighted by molar-refractivity contribution is 6.31. The molecule has 2 aromatic carbocycles. The third-order valence-corrected chi connectivity index (χ3v) is 3.97. The van der Waals surface area contributed by atoms with Gasteiger partial charge in [-0.3, -0.25) is 0 Å². The van der Waals surface area contributed by atoms with Crippen molar-refractivity contribution in [3.63, 3.8) is 0 Å². The van der Waals surface area contributed by atoms with Gasteiger partial charge in [0.25, 0.3) is 0 Å². The number of hydrogen-bond acceptors (Lipinski definition) is 2. The summed E-state index contributed by atoms with van der Waals surface area (Å²) in [6.07, 6.45) is 0.529. The maximum Gasteiger partial charge on any atom is 0.121 e. The number of rotatable bonds is 5. The van der Waals surface area contributed by atoms with E-state index in [1.807, 2.05) is 50.2 Å². The van der Waals surface area contributed by atoms with E-state index in [2.05, 4.69) is 0 Å². The second-order valence-corrected chi connectivity index (χ2v) is 6.09. The molecule has 2 unspecified atom stereocenters. The van der Waals surface area contributed by atoms with Crippen LogP contribution in [-0.4, -0.2) is 12.1 Å². The average molecular weight is 324 g/mol. The van der Waals surface area contributed by atoms with E-state index in [0.717, 1.165) is 21.9 Å². The first-order valence-corrected chi connectivity index (χ1v) is 7.64. The molecule has 0 radical (unpaired) electrons. The molecule has 0 aliphatic heterocycles. The Morgan fingerprint density at radius 2 is 1.90 bits per heavy atom. The Bertz CT molecular complexity index is 615. The number of halogens is 2. The van der Waals surface area contributed by atoms with Gasteiger partial charge in [0.15, 0.2) is 0 Å². The Morgan fingerprint density at radius 3 is 2.57 bits per heavy atom. The molecule has 0 amide bonds. The Labute approximate surface area is 135 Å². The minimum atomic E-state index is -0.149. The molecule has 2 aromatic rings. The molecule has 2 atom stereocenters. The van der Waals surface area contributed by atoms with Crippen LogP contribution in [0, 0.1) is 6.92 Å². The highest BCUT2D eigenvalue weighted by Gasteiger charge is 2.16. The van der Waals surface area contributed by atoms with Gasteiger partial charge in [-0.25, -0.2) is 0 Å². The van der Waals surface area contributed by atoms with E-state index in [1.165, 1.54) is 0 Å². The van der Waals surface area contributed by atoms with Crippen LogP contribution in [0.15, 0.2) is 42.5 Å². The minimum absolute atomic E-state index is 0.138. The van der Waals surface area contributed by atoms with E-state index in [-0.39, 0.29) is 12.1 Å². The van der Waals surface area contributed by atoms with E-state index < -0.39 is 0 Å². The van der Waals surface area contributed by atoms with E-state index in [0.29, 0.717) is 11.4 Å². The zero-order valence-corrected chi connectivity index (χ0v) is 13.7. The molecule has 2 nitrogen and oxygen atoms in total. The van der Waals surface area contributed by atoms with Gasteiger partial charge in [0.05, 0.1) is 0 Å². The third-order valence-electron chi connectivity index (χ3n) is 3.39. The van der Waals surface area contributed by atoms with Gasteiger partial charge in [0.1, 0.15) is 11.9 Å². The number of hydrogen-bond donors (Lipinski definition) is 1. The highest BCUT2D eigenvalue weighted by atomic mass is 35.5. The van der Waals surface area contributed by atoms with Gasteiger partial charge in [-0.05, 0) is 55.7 Å². The highest BCUT2D eigenvalue weighted by Crippen LogP contribution is 2.22. The van der Waals surface area contributed by atoms with Crippen LogP contribution in [0.4, 0.5) is 0 Å². The van der Waals surface area contributed by atoms with Gasteiger partial charge in [-0.2, -0.15) is 0 Å². The van der Waals surface area contributed by atoms with Crippen molar-refractivity contribution in [3.8, 4) is 5.75 Å². The molecule has 0 bridgehead atoms. The molecule has 0 spiro atoms. The van der Waals surface area contributed by atoms with E-state index in [9.17, 15) is 0 Å². The molecule has 2 N–H and O–H groups in total. The molecule has 0 heterocycles. The molecule has 0 aromatic heterocycles. The fraction of sp³-hybridized carbons (Fsp3) is 0.294. The fourth-order valence-electron chi connectivity index (χ4n) is 2.08. The first kappa shape index (κ1) is 16.2. The summed E-state index contributed by atoms with van der Waals surface area (Å²) in [5, 5.41) is 1.40. The third kappa shape index (κ3) is 4.63. The summed E-state index contributed by atoms with van der Waals surface area (Å²) in [5.41, 5.74) is 8.40. The van der Waals surface area contributed by atoms with Crippen molar-refractivity contribution in [2.75, 3.05) is 0 Å². The van der Waals surface area contributed by atoms with Gasteiger partial charge in [-0.15, -0.1) is 0 Å². The molecule has 0 aliphatic rings. The molecule has 21 heavy (non-hydrogen) atoms. The normalized spacial score (nSPS) is 13.8. The van der Waals surface area contributed by atoms with Crippen molar-refractivity contribution in [3.05, 3.63) is 63.6 Å². The van der Waals surface area contributed by atoms with Crippen molar-refractivity contribution in [1.29, 1.82) is 0 Å². The summed E-state index contributed by atoms with van der Waals surface area (Å²) < 4.78 is 5.84. The zero-order chi connectivity index (χ0) is 15.4. The maximum atomic E-state index is 6.25. The molecule has 4 heteroatoms. The lowest BCUT2D eigenvalue weighted by Gasteiger charge is -2.22. The Kier molecular flexibility index (Phi) is 5.51. The molecule has 0 fully saturated rings. The summed E-state index contributed by atoms with van der Waals surface area (Å²) in [7, 11) is 0. The van der Waals surface area contributed by atoms with Crippen LogP contribution in [0.25, 0.3) is 0 Å². The van der Waals surface area contributed by atoms with Gasteiger partial charge < -0.3 is 10.5 Å². The monoisotopic (exact) mass is 323 g/mol. The number of nitrogens with two attached hydrogens (primary N) is 1. The topological polar surface area (TPSA) is 35.2 Å². The summed E-state index contributed by atoms with van der Waals surface area (Å²) in [4.78, 5) is 0. The lowest BCUT2D eigenvalue weighted by atomic mass is 10.0. The predicted molar refractivity (Wildman–Crippen MR) is 89.4 cm³/mol. The number of benzene rings is 2. The van der Waals surface area contributed by atoms with Crippen molar-refractivity contribution in [2.24, 2.45) is 5.73 Å². The number of ether oxygens (including phenoxy) is 1. The fourth-order valence-corrected chi connectivity index (χ4v) is 2.57. The van der Waals surface area contributed by atoms with Crippen LogP contribution in [0.5, 0.6) is 5.75 Å². The van der Waals surface area contributed by atoms with Crippen molar-refractivity contribution in [1.82, 2.24) is 0 Å².